The molecule has 4 atom stereocenters. The van der Waals surface area contributed by atoms with Crippen molar-refractivity contribution in [2.24, 2.45) is 11.8 Å². The Morgan fingerprint density at radius 3 is 1.74 bits per heavy atom. The van der Waals surface area contributed by atoms with Crippen molar-refractivity contribution in [3.8, 4) is 0 Å². The van der Waals surface area contributed by atoms with Gasteiger partial charge in [-0.1, -0.05) is 50.9 Å². The van der Waals surface area contributed by atoms with Gasteiger partial charge < -0.3 is 70.5 Å². The zero-order chi connectivity index (χ0) is 53.5. The van der Waals surface area contributed by atoms with Gasteiger partial charge in [0, 0.05) is 10.0 Å². The Kier molecular flexibility index (Phi) is 26.0. The molecule has 2 aromatic carbocycles. The van der Waals surface area contributed by atoms with E-state index in [1.165, 1.54) is 12.1 Å². The first-order valence-corrected chi connectivity index (χ1v) is 21.2. The number of nitrogens with one attached hydrogen (secondary N) is 4. The summed E-state index contributed by atoms with van der Waals surface area (Å²) in [6.45, 7) is 5.41. The maximum atomic E-state index is 13.8. The van der Waals surface area contributed by atoms with Gasteiger partial charge in [-0.15, -0.1) is 0 Å². The summed E-state index contributed by atoms with van der Waals surface area (Å²) in [4.78, 5) is 113. The number of aliphatic hydroxyl groups is 1. The molecular formula is C40H50B2Cl2F2N4O20. The normalized spacial score (nSPS) is 15.6. The lowest BCUT2D eigenvalue weighted by Gasteiger charge is -2.37. The van der Waals surface area contributed by atoms with Crippen LogP contribution in [-0.2, 0) is 57.1 Å². The van der Waals surface area contributed by atoms with E-state index in [9.17, 15) is 77.0 Å². The van der Waals surface area contributed by atoms with Crippen LogP contribution in [0.3, 0.4) is 0 Å². The number of hydrogen-bond acceptors (Lipinski definition) is 17. The first-order chi connectivity index (χ1) is 32.6. The van der Waals surface area contributed by atoms with Crippen LogP contribution in [0, 0.1) is 23.5 Å². The highest BCUT2D eigenvalue weighted by molar-refractivity contribution is 6.50. The molecule has 1 aliphatic rings. The van der Waals surface area contributed by atoms with Crippen molar-refractivity contribution < 1.29 is 106 Å². The lowest BCUT2D eigenvalue weighted by atomic mass is 9.70. The third-order valence-electron chi connectivity index (χ3n) is 8.91. The number of benzene rings is 2. The number of carbonyl (C=O) groups excluding carboxylic acids is 7. The van der Waals surface area contributed by atoms with Crippen molar-refractivity contribution in [2.75, 3.05) is 19.7 Å². The fraction of sp³-hybridized carbons (Fsp3) is 0.450. The van der Waals surface area contributed by atoms with E-state index in [2.05, 4.69) is 30.7 Å². The molecule has 2 aromatic rings. The monoisotopic (exact) mass is 1040 g/mol. The van der Waals surface area contributed by atoms with Crippen LogP contribution in [0.25, 0.3) is 0 Å². The number of amides is 4. The molecule has 10 N–H and O–H groups in total. The van der Waals surface area contributed by atoms with Crippen LogP contribution in [0.1, 0.15) is 80.5 Å². The van der Waals surface area contributed by atoms with Crippen LogP contribution in [0.2, 0.25) is 10.0 Å². The molecule has 384 valence electrons. The number of aliphatic carboxylic acids is 3. The minimum absolute atomic E-state index is 0.000976. The standard InChI is InChI=1S/C20H23BClFN2O9.C14H19BClFN2O4.C6H8O7/c1-10(2)5-14(21-33-17(29)8-20(34-21,19(31)32)7-16(27)28)25-15(26)9-24-18(30)12-6-11(22)3-4-13(12)23;1-8(2)5-12(15(22)23)19-13(20)7-18-14(21)10-6-9(16)3-4-11(10)17;7-3-12-2-6(11,13-4-8)1-5(9)10/h3-4,6,10,14H,5,7-9H2,1-2H3,(H,24,30)(H,25,26)(H,27,28)(H,31,32);3-4,6,8,12,22-23H,5,7H2,1-2H3,(H,18,21)(H,19,20);3-4,11H,1-2H2,(H,9,10)/t14-,20?;12-;/m00./s1. The third-order valence-corrected chi connectivity index (χ3v) is 9.38. The summed E-state index contributed by atoms with van der Waals surface area (Å²) in [6, 6.07) is 6.86. The molecule has 0 aromatic heterocycles. The topological polar surface area (TPSA) is 377 Å². The minimum atomic E-state index is -2.37. The molecular weight excluding hydrogens is 987 g/mol. The highest BCUT2D eigenvalue weighted by Crippen LogP contribution is 2.30. The molecule has 24 nitrogen and oxygen atoms in total. The van der Waals surface area contributed by atoms with Gasteiger partial charge in [0.15, 0.2) is 12.2 Å². The van der Waals surface area contributed by atoms with Gasteiger partial charge in [-0.25, -0.2) is 13.6 Å². The molecule has 0 aliphatic carbocycles. The van der Waals surface area contributed by atoms with Crippen LogP contribution < -0.4 is 21.3 Å². The lowest BCUT2D eigenvalue weighted by Crippen LogP contribution is -2.61. The molecule has 0 bridgehead atoms. The van der Waals surface area contributed by atoms with Gasteiger partial charge in [0.05, 0.1) is 48.9 Å². The third kappa shape index (κ3) is 22.3. The largest absolute Gasteiger partial charge is 0.552 e. The SMILES string of the molecule is CC(C)C[C@H](NC(=O)CNC(=O)c1cc(Cl)ccc1F)B(O)O.CC(C)C[C@H](NC(=O)CNC(=O)c1cc(Cl)ccc1F)B1OC(=O)CC(CC(=O)O)(C(=O)O)O1.O=COCC(O)(CC(=O)O)OC=O. The smallest absolute Gasteiger partial charge is 0.508 e. The molecule has 0 saturated carbocycles. The molecule has 0 spiro atoms. The fourth-order valence-corrected chi connectivity index (χ4v) is 6.25. The van der Waals surface area contributed by atoms with Crippen LogP contribution in [0.5, 0.6) is 0 Å². The average molecular weight is 1040 g/mol. The second-order valence-electron chi connectivity index (χ2n) is 15.8. The fourth-order valence-electron chi connectivity index (χ4n) is 5.90. The summed E-state index contributed by atoms with van der Waals surface area (Å²) in [5.74, 6) is -14.4. The van der Waals surface area contributed by atoms with Gasteiger partial charge in [0.1, 0.15) is 18.1 Å². The van der Waals surface area contributed by atoms with E-state index in [4.69, 9.17) is 42.7 Å². The zero-order valence-electron chi connectivity index (χ0n) is 37.7. The summed E-state index contributed by atoms with van der Waals surface area (Å²) in [5.41, 5.74) is -3.01. The summed E-state index contributed by atoms with van der Waals surface area (Å²) in [6.07, 6.45) is -2.17. The van der Waals surface area contributed by atoms with Crippen LogP contribution in [0.4, 0.5) is 8.78 Å². The number of carboxylic acid groups (broad SMARTS) is 3. The Labute approximate surface area is 407 Å². The van der Waals surface area contributed by atoms with Gasteiger partial charge in [-0.3, -0.25) is 43.2 Å². The van der Waals surface area contributed by atoms with Crippen molar-refractivity contribution in [3.63, 3.8) is 0 Å². The molecule has 1 aliphatic heterocycles. The van der Waals surface area contributed by atoms with Crippen LogP contribution >= 0.6 is 23.2 Å². The van der Waals surface area contributed by atoms with Gasteiger partial charge in [0.25, 0.3) is 36.5 Å². The molecule has 0 radical (unpaired) electrons. The highest BCUT2D eigenvalue weighted by atomic mass is 35.5. The second kappa shape index (κ2) is 29.5. The van der Waals surface area contributed by atoms with Crippen LogP contribution in [0.15, 0.2) is 36.4 Å². The molecule has 30 heteroatoms. The van der Waals surface area contributed by atoms with E-state index in [-0.39, 0.29) is 52.4 Å². The summed E-state index contributed by atoms with van der Waals surface area (Å²) in [5, 5.41) is 64.2. The highest BCUT2D eigenvalue weighted by Gasteiger charge is 2.54. The molecule has 2 unspecified atom stereocenters. The average Bonchev–Trinajstić information content (AvgIpc) is 3.24. The van der Waals surface area contributed by atoms with Crippen molar-refractivity contribution in [2.45, 2.75) is 83.1 Å². The number of carbonyl (C=O) groups is 10. The molecule has 1 saturated heterocycles. The van der Waals surface area contributed by atoms with E-state index in [0.29, 0.717) is 6.42 Å². The summed E-state index contributed by atoms with van der Waals surface area (Å²) < 4.78 is 46.0. The van der Waals surface area contributed by atoms with Crippen molar-refractivity contribution >= 4 is 97.9 Å². The first-order valence-electron chi connectivity index (χ1n) is 20.4. The number of halogens is 4. The van der Waals surface area contributed by atoms with E-state index < -0.39 is 136 Å². The Morgan fingerprint density at radius 2 is 1.33 bits per heavy atom. The minimum Gasteiger partial charge on any atom is -0.508 e. The van der Waals surface area contributed by atoms with Crippen LogP contribution in [-0.4, -0.2) is 148 Å². The van der Waals surface area contributed by atoms with Gasteiger partial charge in [0.2, 0.25) is 11.8 Å². The van der Waals surface area contributed by atoms with Gasteiger partial charge in [-0.2, -0.15) is 0 Å². The maximum Gasteiger partial charge on any atom is 0.552 e. The molecule has 70 heavy (non-hydrogen) atoms. The Balaban J connectivity index is 0.000000585. The summed E-state index contributed by atoms with van der Waals surface area (Å²) >= 11 is 11.4. The molecule has 1 heterocycles. The quantitative estimate of drug-likeness (QED) is 0.0383. The predicted octanol–water partition coefficient (Wildman–Crippen LogP) is 0.276. The van der Waals surface area contributed by atoms with E-state index in [1.807, 2.05) is 13.8 Å². The molecule has 4 amide bonds. The van der Waals surface area contributed by atoms with Crippen molar-refractivity contribution in [1.29, 1.82) is 0 Å². The van der Waals surface area contributed by atoms with Crippen molar-refractivity contribution in [1.82, 2.24) is 21.3 Å². The van der Waals surface area contributed by atoms with Gasteiger partial charge in [-0.05, 0) is 61.1 Å². The Bertz CT molecular complexity index is 2190. The maximum absolute atomic E-state index is 13.8. The number of rotatable bonds is 24. The Morgan fingerprint density at radius 1 is 0.829 bits per heavy atom. The van der Waals surface area contributed by atoms with Gasteiger partial charge >= 0.3 is 32.1 Å². The van der Waals surface area contributed by atoms with E-state index in [0.717, 1.165) is 24.3 Å². The summed E-state index contributed by atoms with van der Waals surface area (Å²) in [7, 11) is -3.30. The lowest BCUT2D eigenvalue weighted by molar-refractivity contribution is -0.220. The predicted molar refractivity (Wildman–Crippen MR) is 237 cm³/mol. The first kappa shape index (κ1) is 61.6. The number of carboxylic acids is 3. The van der Waals surface area contributed by atoms with E-state index in [1.54, 1.807) is 13.8 Å². The Hall–Kier alpha value is -6.45. The number of hydrogen-bond donors (Lipinski definition) is 10. The number of ether oxygens (including phenoxy) is 2. The molecule has 1 fully saturated rings. The second-order valence-corrected chi connectivity index (χ2v) is 16.7. The zero-order valence-corrected chi connectivity index (χ0v) is 39.2. The van der Waals surface area contributed by atoms with Crippen molar-refractivity contribution in [3.05, 3.63) is 69.2 Å². The molecule has 3 rings (SSSR count). The van der Waals surface area contributed by atoms with E-state index >= 15 is 0 Å².